The molecule has 1 N–H and O–H groups in total. The van der Waals surface area contributed by atoms with Crippen molar-refractivity contribution in [1.82, 2.24) is 0 Å². The summed E-state index contributed by atoms with van der Waals surface area (Å²) in [5, 5.41) is 2.41. The van der Waals surface area contributed by atoms with Crippen LogP contribution in [0.5, 0.6) is 11.5 Å². The maximum absolute atomic E-state index is 12.5. The Morgan fingerprint density at radius 1 is 1.07 bits per heavy atom. The molecular formula is C18H14F5NO3. The monoisotopic (exact) mass is 387 g/mol. The van der Waals surface area contributed by atoms with Gasteiger partial charge in [0.05, 0.1) is 12.7 Å². The number of alkyl halides is 5. The van der Waals surface area contributed by atoms with Crippen LogP contribution in [0.15, 0.2) is 48.5 Å². The number of hydrogen-bond donors (Lipinski definition) is 1. The molecule has 144 valence electrons. The van der Waals surface area contributed by atoms with Gasteiger partial charge in [0.2, 0.25) is 5.91 Å². The molecule has 0 radical (unpaired) electrons. The third kappa shape index (κ3) is 5.98. The molecule has 4 nitrogen and oxygen atoms in total. The second-order valence-corrected chi connectivity index (χ2v) is 5.19. The van der Waals surface area contributed by atoms with Gasteiger partial charge in [-0.25, -0.2) is 0 Å². The van der Waals surface area contributed by atoms with E-state index in [1.54, 1.807) is 0 Å². The van der Waals surface area contributed by atoms with Gasteiger partial charge in [0, 0.05) is 11.8 Å². The number of amides is 1. The van der Waals surface area contributed by atoms with E-state index in [9.17, 15) is 26.7 Å². The Bertz CT molecular complexity index is 817. The van der Waals surface area contributed by atoms with Crippen LogP contribution in [0.2, 0.25) is 0 Å². The van der Waals surface area contributed by atoms with Gasteiger partial charge in [0.15, 0.2) is 11.5 Å². The fourth-order valence-electron chi connectivity index (χ4n) is 2.08. The minimum atomic E-state index is -4.46. The molecule has 0 atom stereocenters. The highest BCUT2D eigenvalue weighted by Crippen LogP contribution is 2.30. The van der Waals surface area contributed by atoms with E-state index in [0.717, 1.165) is 30.3 Å². The highest BCUT2D eigenvalue weighted by molar-refractivity contribution is 6.01. The number of methoxy groups -OCH3 is 1. The van der Waals surface area contributed by atoms with E-state index in [0.29, 0.717) is 5.56 Å². The largest absolute Gasteiger partial charge is 0.493 e. The summed E-state index contributed by atoms with van der Waals surface area (Å²) in [6.45, 7) is -3.00. The zero-order valence-electron chi connectivity index (χ0n) is 13.9. The highest BCUT2D eigenvalue weighted by atomic mass is 19.4. The topological polar surface area (TPSA) is 47.6 Å². The standard InChI is InChI=1S/C18H14F5NO3/c1-26-15-10-11(2-8-14(15)27-17(19)20)3-9-16(25)24-13-6-4-12(5-7-13)18(21,22)23/h2-10,17H,1H3,(H,24,25)/b9-3+. The van der Waals surface area contributed by atoms with Gasteiger partial charge < -0.3 is 14.8 Å². The van der Waals surface area contributed by atoms with Crippen molar-refractivity contribution in [2.45, 2.75) is 12.8 Å². The Hall–Kier alpha value is -3.10. The van der Waals surface area contributed by atoms with Crippen molar-refractivity contribution >= 4 is 17.7 Å². The molecule has 2 aromatic carbocycles. The van der Waals surface area contributed by atoms with Crippen molar-refractivity contribution in [3.63, 3.8) is 0 Å². The second kappa shape index (κ2) is 8.52. The maximum Gasteiger partial charge on any atom is 0.416 e. The summed E-state index contributed by atoms with van der Waals surface area (Å²) in [6, 6.07) is 8.06. The van der Waals surface area contributed by atoms with E-state index < -0.39 is 24.3 Å². The summed E-state index contributed by atoms with van der Waals surface area (Å²) in [6.07, 6.45) is -1.93. The fraction of sp³-hybridized carbons (Fsp3) is 0.167. The lowest BCUT2D eigenvalue weighted by Crippen LogP contribution is -2.09. The molecule has 0 saturated heterocycles. The number of hydrogen-bond acceptors (Lipinski definition) is 3. The fourth-order valence-corrected chi connectivity index (χ4v) is 2.08. The summed E-state index contributed by atoms with van der Waals surface area (Å²) in [5.41, 5.74) is -0.166. The predicted molar refractivity (Wildman–Crippen MR) is 88.7 cm³/mol. The zero-order chi connectivity index (χ0) is 20.0. The minimum absolute atomic E-state index is 0.0561. The Morgan fingerprint density at radius 3 is 2.30 bits per heavy atom. The van der Waals surface area contributed by atoms with Crippen LogP contribution in [0.1, 0.15) is 11.1 Å². The number of halogens is 5. The number of anilines is 1. The number of carbonyl (C=O) groups is 1. The normalized spacial score (nSPS) is 11.7. The average molecular weight is 387 g/mol. The van der Waals surface area contributed by atoms with Crippen molar-refractivity contribution in [3.8, 4) is 11.5 Å². The molecule has 0 unspecified atom stereocenters. The predicted octanol–water partition coefficient (Wildman–Crippen LogP) is 4.97. The first-order chi connectivity index (χ1) is 12.7. The molecule has 0 heterocycles. The van der Waals surface area contributed by atoms with E-state index in [1.807, 2.05) is 0 Å². The molecule has 0 bridgehead atoms. The first kappa shape index (κ1) is 20.2. The minimum Gasteiger partial charge on any atom is -0.493 e. The molecule has 0 aliphatic heterocycles. The number of carbonyl (C=O) groups excluding carboxylic acids is 1. The van der Waals surface area contributed by atoms with Crippen LogP contribution in [0.4, 0.5) is 27.6 Å². The molecule has 0 spiro atoms. The van der Waals surface area contributed by atoms with Crippen molar-refractivity contribution < 1.29 is 36.2 Å². The molecule has 0 aliphatic rings. The SMILES string of the molecule is COc1cc(/C=C/C(=O)Nc2ccc(C(F)(F)F)cc2)ccc1OC(F)F. The number of rotatable bonds is 6. The van der Waals surface area contributed by atoms with Crippen LogP contribution in [-0.4, -0.2) is 19.6 Å². The van der Waals surface area contributed by atoms with Crippen LogP contribution in [0.3, 0.4) is 0 Å². The lowest BCUT2D eigenvalue weighted by atomic mass is 10.2. The lowest BCUT2D eigenvalue weighted by molar-refractivity contribution is -0.137. The molecule has 2 aromatic rings. The third-order valence-electron chi connectivity index (χ3n) is 3.31. The van der Waals surface area contributed by atoms with Gasteiger partial charge in [0.25, 0.3) is 0 Å². The molecule has 1 amide bonds. The molecule has 9 heteroatoms. The van der Waals surface area contributed by atoms with Crippen LogP contribution < -0.4 is 14.8 Å². The van der Waals surface area contributed by atoms with Gasteiger partial charge in [-0.2, -0.15) is 22.0 Å². The Kier molecular flexibility index (Phi) is 6.38. The Morgan fingerprint density at radius 2 is 1.74 bits per heavy atom. The molecule has 0 aliphatic carbocycles. The van der Waals surface area contributed by atoms with E-state index in [4.69, 9.17) is 4.74 Å². The maximum atomic E-state index is 12.5. The van der Waals surface area contributed by atoms with Gasteiger partial charge in [-0.3, -0.25) is 4.79 Å². The lowest BCUT2D eigenvalue weighted by Gasteiger charge is -2.10. The number of ether oxygens (including phenoxy) is 2. The summed E-state index contributed by atoms with van der Waals surface area (Å²) < 4.78 is 71.3. The van der Waals surface area contributed by atoms with E-state index >= 15 is 0 Å². The smallest absolute Gasteiger partial charge is 0.416 e. The summed E-state index contributed by atoms with van der Waals surface area (Å²) in [4.78, 5) is 11.9. The first-order valence-corrected chi connectivity index (χ1v) is 7.48. The van der Waals surface area contributed by atoms with Crippen LogP contribution in [-0.2, 0) is 11.0 Å². The molecule has 0 saturated carbocycles. The summed E-state index contributed by atoms with van der Waals surface area (Å²) >= 11 is 0. The number of nitrogens with one attached hydrogen (secondary N) is 1. The van der Waals surface area contributed by atoms with Crippen LogP contribution in [0.25, 0.3) is 6.08 Å². The van der Waals surface area contributed by atoms with Gasteiger partial charge in [-0.05, 0) is 48.0 Å². The van der Waals surface area contributed by atoms with Gasteiger partial charge in [-0.15, -0.1) is 0 Å². The molecule has 0 fully saturated rings. The van der Waals surface area contributed by atoms with Crippen molar-refractivity contribution in [3.05, 3.63) is 59.7 Å². The molecular weight excluding hydrogens is 373 g/mol. The number of benzene rings is 2. The molecule has 0 aromatic heterocycles. The zero-order valence-corrected chi connectivity index (χ0v) is 13.9. The van der Waals surface area contributed by atoms with Crippen LogP contribution in [0, 0.1) is 0 Å². The third-order valence-corrected chi connectivity index (χ3v) is 3.31. The van der Waals surface area contributed by atoms with Crippen molar-refractivity contribution in [1.29, 1.82) is 0 Å². The Balaban J connectivity index is 2.04. The first-order valence-electron chi connectivity index (χ1n) is 7.48. The highest BCUT2D eigenvalue weighted by Gasteiger charge is 2.29. The quantitative estimate of drug-likeness (QED) is 0.563. The van der Waals surface area contributed by atoms with E-state index in [-0.39, 0.29) is 17.2 Å². The van der Waals surface area contributed by atoms with Crippen LogP contribution >= 0.6 is 0 Å². The molecule has 2 rings (SSSR count). The van der Waals surface area contributed by atoms with Gasteiger partial charge in [-0.1, -0.05) is 6.07 Å². The van der Waals surface area contributed by atoms with Gasteiger partial charge >= 0.3 is 12.8 Å². The van der Waals surface area contributed by atoms with E-state index in [2.05, 4.69) is 10.1 Å². The van der Waals surface area contributed by atoms with Gasteiger partial charge in [0.1, 0.15) is 0 Å². The summed E-state index contributed by atoms with van der Waals surface area (Å²) in [7, 11) is 1.28. The average Bonchev–Trinajstić information content (AvgIpc) is 2.60. The van der Waals surface area contributed by atoms with E-state index in [1.165, 1.54) is 31.4 Å². The Labute approximate surface area is 151 Å². The van der Waals surface area contributed by atoms with Crippen molar-refractivity contribution in [2.24, 2.45) is 0 Å². The van der Waals surface area contributed by atoms with Crippen molar-refractivity contribution in [2.75, 3.05) is 12.4 Å². The second-order valence-electron chi connectivity index (χ2n) is 5.19. The summed E-state index contributed by atoms with van der Waals surface area (Å²) in [5.74, 6) is -0.680. The molecule has 27 heavy (non-hydrogen) atoms.